The zero-order valence-corrected chi connectivity index (χ0v) is 43.5. The molecule has 2 heterocycles. The summed E-state index contributed by atoms with van der Waals surface area (Å²) in [6.07, 6.45) is 2.77. The Balaban J connectivity index is 0.871. The molecular formula is C56H74O20. The van der Waals surface area contributed by atoms with Crippen molar-refractivity contribution in [3.63, 3.8) is 0 Å². The Bertz CT molecular complexity index is 2050. The molecule has 0 radical (unpaired) electrons. The third kappa shape index (κ3) is 23.8. The lowest BCUT2D eigenvalue weighted by Gasteiger charge is -2.15. The summed E-state index contributed by atoms with van der Waals surface area (Å²) in [6, 6.07) is 24.7. The van der Waals surface area contributed by atoms with E-state index in [1.807, 2.05) is 48.5 Å². The van der Waals surface area contributed by atoms with Crippen molar-refractivity contribution in [2.75, 3.05) is 172 Å². The zero-order valence-electron chi connectivity index (χ0n) is 43.5. The van der Waals surface area contributed by atoms with Gasteiger partial charge in [0.1, 0.15) is 52.9 Å². The van der Waals surface area contributed by atoms with Crippen LogP contribution in [0.2, 0.25) is 0 Å². The molecule has 2 aliphatic rings. The van der Waals surface area contributed by atoms with Gasteiger partial charge < -0.3 is 85.3 Å². The van der Waals surface area contributed by atoms with Crippen LogP contribution < -0.4 is 37.9 Å². The summed E-state index contributed by atoms with van der Waals surface area (Å²) in [4.78, 5) is 26.2. The van der Waals surface area contributed by atoms with Crippen molar-refractivity contribution in [1.29, 1.82) is 0 Å². The molecule has 0 spiro atoms. The minimum Gasteiger partial charge on any atom is -0.487 e. The van der Waals surface area contributed by atoms with E-state index >= 15 is 0 Å². The van der Waals surface area contributed by atoms with Crippen LogP contribution in [-0.2, 0) is 47.4 Å². The predicted octanol–water partition coefficient (Wildman–Crippen LogP) is 6.85. The first-order chi connectivity index (χ1) is 37.6. The van der Waals surface area contributed by atoms with E-state index in [-0.39, 0.29) is 52.9 Å². The van der Waals surface area contributed by atoms with E-state index in [0.717, 1.165) is 12.8 Å². The fraction of sp³-hybridized carbons (Fsp3) is 0.536. The summed E-state index contributed by atoms with van der Waals surface area (Å²) in [7, 11) is 0. The molecule has 0 saturated carbocycles. The third-order valence-electron chi connectivity index (χ3n) is 10.9. The Kier molecular flexibility index (Phi) is 29.3. The number of ether oxygens (including phenoxy) is 18. The highest BCUT2D eigenvalue weighted by molar-refractivity contribution is 5.90. The van der Waals surface area contributed by atoms with Gasteiger partial charge >= 0.3 is 11.9 Å². The predicted molar refractivity (Wildman–Crippen MR) is 275 cm³/mol. The van der Waals surface area contributed by atoms with E-state index in [0.29, 0.717) is 189 Å². The van der Waals surface area contributed by atoms with E-state index < -0.39 is 11.9 Å². The van der Waals surface area contributed by atoms with Crippen molar-refractivity contribution in [2.45, 2.75) is 25.7 Å². The van der Waals surface area contributed by atoms with Gasteiger partial charge in [0.05, 0.1) is 130 Å². The quantitative estimate of drug-likeness (QED) is 0.124. The fourth-order valence-corrected chi connectivity index (χ4v) is 7.14. The number of unbranched alkanes of at least 4 members (excludes halogenated alkanes) is 3. The first kappa shape index (κ1) is 59.1. The van der Waals surface area contributed by atoms with E-state index in [1.54, 1.807) is 36.4 Å². The molecule has 2 aliphatic heterocycles. The van der Waals surface area contributed by atoms with Crippen molar-refractivity contribution < 1.29 is 94.9 Å². The van der Waals surface area contributed by atoms with E-state index in [2.05, 4.69) is 0 Å². The number of fused-ring (bicyclic) bond motifs is 4. The second-order valence-electron chi connectivity index (χ2n) is 16.6. The maximum Gasteiger partial charge on any atom is 0.338 e. The highest BCUT2D eigenvalue weighted by Gasteiger charge is 2.16. The van der Waals surface area contributed by atoms with Crippen molar-refractivity contribution in [3.8, 4) is 46.0 Å². The van der Waals surface area contributed by atoms with Gasteiger partial charge in [0.25, 0.3) is 0 Å². The molecule has 0 aliphatic carbocycles. The highest BCUT2D eigenvalue weighted by atomic mass is 16.6. The number of hydrogen-bond acceptors (Lipinski definition) is 20. The van der Waals surface area contributed by atoms with Crippen molar-refractivity contribution in [3.05, 3.63) is 96.1 Å². The molecule has 0 bridgehead atoms. The third-order valence-corrected chi connectivity index (χ3v) is 10.9. The number of para-hydroxylation sites is 4. The SMILES string of the molecule is O=C(OCCCCCCOC(=O)c1ccc2c(c1)OCCOCCOCCOc1ccccc1OCCOCCOCCO2)c1ccc2c(c1)OCCOCCOCCOc1ccccc1OCCOCCOCCO2. The molecule has 0 unspecified atom stereocenters. The second-order valence-corrected chi connectivity index (χ2v) is 16.6. The van der Waals surface area contributed by atoms with E-state index in [9.17, 15) is 9.59 Å². The molecule has 418 valence electrons. The molecular weight excluding hydrogens is 993 g/mol. The standard InChI is InChI=1S/C56H74O20/c57-55(45-13-15-51-53(43-45)73-41-33-65-25-23-61-29-37-69-49-11-5-3-9-47(49)67-35-27-59-19-21-63-31-39-71-51)75-17-7-1-2-8-18-76-56(58)46-14-16-52-54(44-46)74-42-34-66-26-24-62-30-38-70-50-12-6-4-10-48(50)68-36-28-60-20-22-64-32-40-72-52/h3-6,9-16,43-44H,1-2,7-8,17-42H2. The summed E-state index contributed by atoms with van der Waals surface area (Å²) in [5, 5.41) is 0. The van der Waals surface area contributed by atoms with Gasteiger partial charge in [0.2, 0.25) is 0 Å². The average molecular weight is 1070 g/mol. The van der Waals surface area contributed by atoms with Crippen LogP contribution in [0.25, 0.3) is 0 Å². The summed E-state index contributed by atoms with van der Waals surface area (Å²) in [6.45, 7) is 8.50. The number of carbonyl (C=O) groups excluding carboxylic acids is 2. The molecule has 0 N–H and O–H groups in total. The second kappa shape index (κ2) is 37.6. The minimum absolute atomic E-state index is 0.209. The van der Waals surface area contributed by atoms with Gasteiger partial charge in [-0.05, 0) is 86.3 Å². The molecule has 20 heteroatoms. The Morgan fingerprint density at radius 1 is 0.276 bits per heavy atom. The van der Waals surface area contributed by atoms with Gasteiger partial charge in [-0.15, -0.1) is 0 Å². The summed E-state index contributed by atoms with van der Waals surface area (Å²) in [5.74, 6) is 3.22. The molecule has 0 aromatic heterocycles. The van der Waals surface area contributed by atoms with E-state index in [1.165, 1.54) is 0 Å². The maximum atomic E-state index is 13.1. The molecule has 0 fully saturated rings. The molecule has 20 nitrogen and oxygen atoms in total. The number of rotatable bonds is 9. The lowest BCUT2D eigenvalue weighted by Crippen LogP contribution is -2.16. The van der Waals surface area contributed by atoms with Crippen molar-refractivity contribution in [1.82, 2.24) is 0 Å². The molecule has 0 atom stereocenters. The topological polar surface area (TPSA) is 200 Å². The average Bonchev–Trinajstić information content (AvgIpc) is 3.44. The Labute approximate surface area is 445 Å². The van der Waals surface area contributed by atoms with Gasteiger partial charge in [0.15, 0.2) is 46.0 Å². The van der Waals surface area contributed by atoms with Gasteiger partial charge in [-0.1, -0.05) is 24.3 Å². The van der Waals surface area contributed by atoms with Crippen LogP contribution in [0.4, 0.5) is 0 Å². The number of benzene rings is 4. The number of hydrogen-bond donors (Lipinski definition) is 0. The van der Waals surface area contributed by atoms with Crippen LogP contribution in [0, 0.1) is 0 Å². The Morgan fingerprint density at radius 3 is 0.763 bits per heavy atom. The fourth-order valence-electron chi connectivity index (χ4n) is 7.14. The van der Waals surface area contributed by atoms with Crippen molar-refractivity contribution in [2.24, 2.45) is 0 Å². The van der Waals surface area contributed by atoms with Gasteiger partial charge in [-0.3, -0.25) is 0 Å². The minimum atomic E-state index is -0.489. The lowest BCUT2D eigenvalue weighted by molar-refractivity contribution is 0.0223. The largest absolute Gasteiger partial charge is 0.487 e. The van der Waals surface area contributed by atoms with E-state index in [4.69, 9.17) is 85.3 Å². The normalized spacial score (nSPS) is 17.3. The lowest BCUT2D eigenvalue weighted by atomic mass is 10.2. The maximum absolute atomic E-state index is 13.1. The molecule has 6 rings (SSSR count). The first-order valence-corrected chi connectivity index (χ1v) is 26.1. The van der Waals surface area contributed by atoms with Crippen LogP contribution in [0.5, 0.6) is 46.0 Å². The monoisotopic (exact) mass is 1070 g/mol. The molecule has 0 saturated heterocycles. The highest BCUT2D eigenvalue weighted by Crippen LogP contribution is 2.31. The summed E-state index contributed by atoms with van der Waals surface area (Å²) >= 11 is 0. The van der Waals surface area contributed by atoms with Gasteiger partial charge in [-0.2, -0.15) is 0 Å². The smallest absolute Gasteiger partial charge is 0.338 e. The first-order valence-electron chi connectivity index (χ1n) is 26.1. The Hall–Kier alpha value is -6.10. The summed E-state index contributed by atoms with van der Waals surface area (Å²) in [5.41, 5.74) is 0.636. The zero-order chi connectivity index (χ0) is 52.8. The van der Waals surface area contributed by atoms with Gasteiger partial charge in [-0.25, -0.2) is 9.59 Å². The molecule has 76 heavy (non-hydrogen) atoms. The molecule has 4 aromatic rings. The molecule has 4 aromatic carbocycles. The van der Waals surface area contributed by atoms with Crippen LogP contribution in [0.1, 0.15) is 46.4 Å². The van der Waals surface area contributed by atoms with Crippen LogP contribution in [0.15, 0.2) is 84.9 Å². The Morgan fingerprint density at radius 2 is 0.500 bits per heavy atom. The van der Waals surface area contributed by atoms with Crippen molar-refractivity contribution >= 4 is 11.9 Å². The van der Waals surface area contributed by atoms with Crippen LogP contribution in [0.3, 0.4) is 0 Å². The van der Waals surface area contributed by atoms with Crippen LogP contribution >= 0.6 is 0 Å². The van der Waals surface area contributed by atoms with Crippen LogP contribution in [-0.4, -0.2) is 184 Å². The van der Waals surface area contributed by atoms with Gasteiger partial charge in [0, 0.05) is 0 Å². The summed E-state index contributed by atoms with van der Waals surface area (Å²) < 4.78 is 104. The number of carbonyl (C=O) groups is 2. The molecule has 0 amide bonds. The number of esters is 2.